The first-order valence-electron chi connectivity index (χ1n) is 9.57. The minimum Gasteiger partial charge on any atom is -0.507 e. The third kappa shape index (κ3) is 7.46. The van der Waals surface area contributed by atoms with Crippen LogP contribution in [0.25, 0.3) is 0 Å². The highest BCUT2D eigenvalue weighted by Gasteiger charge is 2.26. The lowest BCUT2D eigenvalue weighted by molar-refractivity contribution is -0.120. The van der Waals surface area contributed by atoms with E-state index in [2.05, 4.69) is 46.9 Å². The highest BCUT2D eigenvalue weighted by Crippen LogP contribution is 2.39. The largest absolute Gasteiger partial charge is 0.507 e. The molecule has 1 rings (SSSR count). The van der Waals surface area contributed by atoms with Gasteiger partial charge in [0.2, 0.25) is 5.91 Å². The Labute approximate surface area is 164 Å². The van der Waals surface area contributed by atoms with Crippen LogP contribution in [-0.2, 0) is 22.0 Å². The molecule has 0 aliphatic heterocycles. The Morgan fingerprint density at radius 1 is 0.963 bits per heavy atom. The summed E-state index contributed by atoms with van der Waals surface area (Å²) in [6.45, 7) is 14.5. The van der Waals surface area contributed by atoms with Gasteiger partial charge in [0.05, 0.1) is 0 Å². The second kappa shape index (κ2) is 9.59. The van der Waals surface area contributed by atoms with E-state index in [0.717, 1.165) is 16.7 Å². The minimum absolute atomic E-state index is 0.0200. The van der Waals surface area contributed by atoms with E-state index >= 15 is 0 Å². The zero-order chi connectivity index (χ0) is 20.7. The quantitative estimate of drug-likeness (QED) is 0.634. The summed E-state index contributed by atoms with van der Waals surface area (Å²) in [4.78, 5) is 12.1. The molecule has 0 unspecified atom stereocenters. The Morgan fingerprint density at radius 2 is 1.48 bits per heavy atom. The van der Waals surface area contributed by atoms with Crippen LogP contribution >= 0.6 is 0 Å². The number of phenols is 1. The van der Waals surface area contributed by atoms with Gasteiger partial charge in [0, 0.05) is 12.6 Å². The van der Waals surface area contributed by atoms with E-state index in [1.807, 2.05) is 43.4 Å². The second-order valence-corrected chi connectivity index (χ2v) is 8.88. The molecule has 0 spiro atoms. The molecule has 0 aliphatic carbocycles. The molecule has 3 nitrogen and oxygen atoms in total. The van der Waals surface area contributed by atoms with Crippen molar-refractivity contribution in [2.45, 2.75) is 72.1 Å². The fourth-order valence-corrected chi connectivity index (χ4v) is 2.75. The maximum atomic E-state index is 12.1. The van der Waals surface area contributed by atoms with Crippen molar-refractivity contribution in [1.82, 2.24) is 5.32 Å². The van der Waals surface area contributed by atoms with Crippen molar-refractivity contribution in [1.29, 1.82) is 0 Å². The van der Waals surface area contributed by atoms with Crippen molar-refractivity contribution in [3.63, 3.8) is 0 Å². The molecule has 1 amide bonds. The van der Waals surface area contributed by atoms with Gasteiger partial charge in [-0.2, -0.15) is 0 Å². The predicted molar refractivity (Wildman–Crippen MR) is 115 cm³/mol. The van der Waals surface area contributed by atoms with Gasteiger partial charge >= 0.3 is 0 Å². The third-order valence-electron chi connectivity index (χ3n) is 4.29. The molecule has 0 atom stereocenters. The minimum atomic E-state index is -0.162. The maximum absolute atomic E-state index is 12.1. The van der Waals surface area contributed by atoms with Crippen molar-refractivity contribution < 1.29 is 9.90 Å². The number of aryl methyl sites for hydroxylation is 1. The van der Waals surface area contributed by atoms with Gasteiger partial charge in [-0.25, -0.2) is 0 Å². The lowest BCUT2D eigenvalue weighted by atomic mass is 9.78. The molecular weight excluding hydrogens is 334 g/mol. The van der Waals surface area contributed by atoms with Crippen LogP contribution in [0.1, 0.15) is 71.6 Å². The summed E-state index contributed by atoms with van der Waals surface area (Å²) in [5.74, 6) is 0.354. The topological polar surface area (TPSA) is 49.3 Å². The molecule has 1 aromatic rings. The fraction of sp³-hybridized carbons (Fsp3) is 0.458. The third-order valence-corrected chi connectivity index (χ3v) is 4.29. The molecule has 0 bridgehead atoms. The number of phenolic OH excluding ortho intramolecular Hbond substituents is 1. The Hall–Kier alpha value is -2.29. The van der Waals surface area contributed by atoms with E-state index < -0.39 is 0 Å². The number of rotatable bonds is 6. The molecule has 0 saturated heterocycles. The van der Waals surface area contributed by atoms with Crippen molar-refractivity contribution in [3.05, 3.63) is 65.4 Å². The van der Waals surface area contributed by atoms with Gasteiger partial charge in [-0.15, -0.1) is 0 Å². The molecule has 2 N–H and O–H groups in total. The summed E-state index contributed by atoms with van der Waals surface area (Å²) >= 11 is 0. The SMILES string of the molecule is C/C=C/C=C/C=C/NC(=O)CCc1cc(C(C)(C)C)c(O)c(C(C)(C)C)c1. The zero-order valence-electron chi connectivity index (χ0n) is 17.9. The number of hydrogen-bond acceptors (Lipinski definition) is 2. The van der Waals surface area contributed by atoms with E-state index in [-0.39, 0.29) is 16.7 Å². The summed E-state index contributed by atoms with van der Waals surface area (Å²) in [5.41, 5.74) is 2.61. The number of allylic oxidation sites excluding steroid dienone is 5. The van der Waals surface area contributed by atoms with Gasteiger partial charge < -0.3 is 10.4 Å². The van der Waals surface area contributed by atoms with E-state index in [1.54, 1.807) is 12.3 Å². The van der Waals surface area contributed by atoms with Crippen molar-refractivity contribution in [2.24, 2.45) is 0 Å². The van der Waals surface area contributed by atoms with Gasteiger partial charge in [-0.3, -0.25) is 4.79 Å². The summed E-state index contributed by atoms with van der Waals surface area (Å²) in [5, 5.41) is 13.6. The smallest absolute Gasteiger partial charge is 0.224 e. The van der Waals surface area contributed by atoms with E-state index in [4.69, 9.17) is 0 Å². The van der Waals surface area contributed by atoms with Crippen LogP contribution in [0.4, 0.5) is 0 Å². The average molecular weight is 370 g/mol. The number of carbonyl (C=O) groups excluding carboxylic acids is 1. The van der Waals surface area contributed by atoms with Gasteiger partial charge in [-0.1, -0.05) is 78.0 Å². The van der Waals surface area contributed by atoms with Gasteiger partial charge in [0.15, 0.2) is 0 Å². The van der Waals surface area contributed by atoms with Gasteiger partial charge in [-0.05, 0) is 46.9 Å². The summed E-state index contributed by atoms with van der Waals surface area (Å²) < 4.78 is 0. The van der Waals surface area contributed by atoms with Crippen molar-refractivity contribution in [2.75, 3.05) is 0 Å². The molecule has 0 fully saturated rings. The zero-order valence-corrected chi connectivity index (χ0v) is 17.9. The van der Waals surface area contributed by atoms with Crippen LogP contribution < -0.4 is 5.32 Å². The maximum Gasteiger partial charge on any atom is 0.224 e. The standard InChI is InChI=1S/C24H35NO2/c1-8-9-10-11-12-15-25-21(26)14-13-18-16-19(23(2,3)4)22(27)20(17-18)24(5,6)7/h8-12,15-17,27H,13-14H2,1-7H3,(H,25,26)/b9-8+,11-10+,15-12+. The monoisotopic (exact) mass is 369 g/mol. The number of amides is 1. The normalized spacial score (nSPS) is 13.1. The van der Waals surface area contributed by atoms with Crippen LogP contribution in [0.15, 0.2) is 48.7 Å². The number of benzene rings is 1. The fourth-order valence-electron chi connectivity index (χ4n) is 2.75. The van der Waals surface area contributed by atoms with Gasteiger partial charge in [0.1, 0.15) is 5.75 Å². The molecule has 0 radical (unpaired) electrons. The molecule has 0 saturated carbocycles. The summed E-state index contributed by atoms with van der Waals surface area (Å²) in [6, 6.07) is 4.07. The second-order valence-electron chi connectivity index (χ2n) is 8.88. The first kappa shape index (κ1) is 22.8. The molecule has 0 heterocycles. The molecular formula is C24H35NO2. The van der Waals surface area contributed by atoms with Crippen LogP contribution in [0.2, 0.25) is 0 Å². The molecule has 148 valence electrons. The van der Waals surface area contributed by atoms with Crippen molar-refractivity contribution in [3.8, 4) is 5.75 Å². The molecule has 0 aromatic heterocycles. The number of nitrogens with one attached hydrogen (secondary N) is 1. The summed E-state index contributed by atoms with van der Waals surface area (Å²) in [7, 11) is 0. The first-order chi connectivity index (χ1) is 12.5. The highest BCUT2D eigenvalue weighted by atomic mass is 16.3. The van der Waals surface area contributed by atoms with Gasteiger partial charge in [0.25, 0.3) is 0 Å². The first-order valence-corrected chi connectivity index (χ1v) is 9.57. The average Bonchev–Trinajstić information content (AvgIpc) is 2.54. The lowest BCUT2D eigenvalue weighted by Crippen LogP contribution is -2.19. The lowest BCUT2D eigenvalue weighted by Gasteiger charge is -2.28. The van der Waals surface area contributed by atoms with Crippen LogP contribution in [-0.4, -0.2) is 11.0 Å². The van der Waals surface area contributed by atoms with Crippen LogP contribution in [0.5, 0.6) is 5.75 Å². The number of hydrogen-bond donors (Lipinski definition) is 2. The van der Waals surface area contributed by atoms with E-state index in [0.29, 0.717) is 18.6 Å². The Balaban J connectivity index is 2.90. The number of carbonyl (C=O) groups is 1. The van der Waals surface area contributed by atoms with Crippen LogP contribution in [0.3, 0.4) is 0 Å². The highest BCUT2D eigenvalue weighted by molar-refractivity contribution is 5.77. The Morgan fingerprint density at radius 3 is 1.96 bits per heavy atom. The molecule has 3 heteroatoms. The predicted octanol–water partition coefficient (Wildman–Crippen LogP) is 5.68. The summed E-state index contributed by atoms with van der Waals surface area (Å²) in [6.07, 6.45) is 12.1. The molecule has 27 heavy (non-hydrogen) atoms. The Bertz CT molecular complexity index is 691. The molecule has 0 aliphatic rings. The van der Waals surface area contributed by atoms with E-state index in [1.165, 1.54) is 0 Å². The van der Waals surface area contributed by atoms with Crippen molar-refractivity contribution >= 4 is 5.91 Å². The van der Waals surface area contributed by atoms with E-state index in [9.17, 15) is 9.90 Å². The number of aromatic hydroxyl groups is 1. The van der Waals surface area contributed by atoms with Crippen LogP contribution in [0, 0.1) is 0 Å². The molecule has 1 aromatic carbocycles. The Kier molecular flexibility index (Phi) is 8.08.